The Kier molecular flexibility index (Phi) is 13.2. The van der Waals surface area contributed by atoms with Crippen molar-refractivity contribution in [1.82, 2.24) is 0 Å². The van der Waals surface area contributed by atoms with Gasteiger partial charge >= 0.3 is 0 Å². The monoisotopic (exact) mass is 300 g/mol. The molecule has 0 saturated carbocycles. The lowest BCUT2D eigenvalue weighted by Crippen LogP contribution is -2.08. The summed E-state index contributed by atoms with van der Waals surface area (Å²) in [6.45, 7) is 0. The predicted octanol–water partition coefficient (Wildman–Crippen LogP) is 0.256. The third-order valence-electron chi connectivity index (χ3n) is 1.44. The smallest absolute Gasteiger partial charge is 0.208 e. The molecule has 102 valence electrons. The van der Waals surface area contributed by atoms with Gasteiger partial charge in [0, 0.05) is 47.9 Å². The van der Waals surface area contributed by atoms with E-state index >= 15 is 0 Å². The fraction of sp³-hybridized carbons (Fsp3) is 0.158. The van der Waals surface area contributed by atoms with Crippen LogP contribution in [-0.2, 0) is 4.74 Å². The molecule has 2 nitrogen and oxygen atoms in total. The molecule has 0 bridgehead atoms. The molecule has 1 unspecified atom stereocenters. The van der Waals surface area contributed by atoms with E-state index in [0.717, 1.165) is 0 Å². The normalized spacial score (nSPS) is 6.95. The molecule has 0 saturated heterocycles. The van der Waals surface area contributed by atoms with Gasteiger partial charge in [-0.05, 0) is 47.2 Å². The minimum absolute atomic E-state index is 0.391. The Morgan fingerprint density at radius 1 is 0.773 bits per heavy atom. The van der Waals surface area contributed by atoms with E-state index < -0.39 is 6.29 Å². The van der Waals surface area contributed by atoms with Crippen LogP contribution >= 0.6 is 12.6 Å². The Morgan fingerprint density at radius 3 is 1.59 bits per heavy atom. The van der Waals surface area contributed by atoms with E-state index in [0.29, 0.717) is 12.2 Å². The van der Waals surface area contributed by atoms with E-state index in [-0.39, 0.29) is 0 Å². The molecule has 3 heteroatoms. The van der Waals surface area contributed by atoms with Crippen LogP contribution in [-0.4, -0.2) is 17.1 Å². The number of terminal acetylenes is 1. The van der Waals surface area contributed by atoms with Crippen LogP contribution in [0.15, 0.2) is 0 Å². The number of rotatable bonds is 3. The summed E-state index contributed by atoms with van der Waals surface area (Å²) < 4.78 is 4.70. The van der Waals surface area contributed by atoms with Crippen molar-refractivity contribution in [2.75, 3.05) is 5.75 Å². The van der Waals surface area contributed by atoms with E-state index in [1.165, 1.54) is 0 Å². The Balaban J connectivity index is 4.21. The summed E-state index contributed by atoms with van der Waals surface area (Å²) in [4.78, 5) is 0. The highest BCUT2D eigenvalue weighted by molar-refractivity contribution is 7.80. The van der Waals surface area contributed by atoms with Crippen LogP contribution in [0, 0.1) is 95.4 Å². The SMILES string of the molecule is C#CC#CC#CC#CC#CC#CC#CC#COC(O)CCS. The first-order valence-corrected chi connectivity index (χ1v) is 6.34. The fourth-order valence-corrected chi connectivity index (χ4v) is 0.893. The van der Waals surface area contributed by atoms with E-state index in [2.05, 4.69) is 102 Å². The van der Waals surface area contributed by atoms with Gasteiger partial charge in [-0.15, -0.1) is 6.42 Å². The Hall–Kier alpha value is -3.41. The molecular weight excluding hydrogens is 292 g/mol. The van der Waals surface area contributed by atoms with Crippen molar-refractivity contribution in [1.29, 1.82) is 0 Å². The second-order valence-electron chi connectivity index (χ2n) is 2.96. The first-order chi connectivity index (χ1) is 10.8. The topological polar surface area (TPSA) is 29.5 Å². The third-order valence-corrected chi connectivity index (χ3v) is 1.70. The Morgan fingerprint density at radius 2 is 1.18 bits per heavy atom. The van der Waals surface area contributed by atoms with E-state index in [1.807, 2.05) is 0 Å². The van der Waals surface area contributed by atoms with Crippen molar-refractivity contribution >= 4 is 12.6 Å². The molecule has 0 radical (unpaired) electrons. The van der Waals surface area contributed by atoms with Gasteiger partial charge in [-0.25, -0.2) is 0 Å². The molecule has 0 aromatic heterocycles. The van der Waals surface area contributed by atoms with Crippen molar-refractivity contribution in [3.05, 3.63) is 0 Å². The van der Waals surface area contributed by atoms with E-state index in [9.17, 15) is 0 Å². The minimum atomic E-state index is -0.956. The largest absolute Gasteiger partial charge is 0.414 e. The lowest BCUT2D eigenvalue weighted by molar-refractivity contribution is -0.0402. The zero-order valence-corrected chi connectivity index (χ0v) is 12.3. The van der Waals surface area contributed by atoms with Gasteiger partial charge in [-0.1, -0.05) is 0 Å². The Labute approximate surface area is 136 Å². The average Bonchev–Trinajstić information content (AvgIpc) is 2.51. The first kappa shape index (κ1) is 18.6. The number of aliphatic hydroxyl groups is 1. The Bertz CT molecular complexity index is 840. The quantitative estimate of drug-likeness (QED) is 0.445. The van der Waals surface area contributed by atoms with Gasteiger partial charge in [0.2, 0.25) is 6.29 Å². The van der Waals surface area contributed by atoms with Gasteiger partial charge < -0.3 is 9.84 Å². The number of hydrogen-bond donors (Lipinski definition) is 2. The van der Waals surface area contributed by atoms with Crippen molar-refractivity contribution < 1.29 is 9.84 Å². The summed E-state index contributed by atoms with van der Waals surface area (Å²) in [6, 6.07) is 0. The highest BCUT2D eigenvalue weighted by Crippen LogP contribution is 1.93. The third kappa shape index (κ3) is 14.7. The minimum Gasteiger partial charge on any atom is -0.414 e. The summed E-state index contributed by atoms with van der Waals surface area (Å²) in [6.07, 6.45) is 6.57. The molecule has 0 aromatic carbocycles. The molecule has 0 aromatic rings. The van der Waals surface area contributed by atoms with E-state index in [4.69, 9.17) is 16.3 Å². The van der Waals surface area contributed by atoms with E-state index in [1.54, 1.807) is 0 Å². The molecule has 0 aliphatic heterocycles. The predicted molar refractivity (Wildman–Crippen MR) is 88.8 cm³/mol. The standard InChI is InChI=1S/C19H8O2S/c1-2-3-4-5-6-7-8-9-10-11-12-13-14-15-17-21-19(20)16-18-22/h1,19-20,22H,16,18H2. The zero-order valence-electron chi connectivity index (χ0n) is 11.4. The van der Waals surface area contributed by atoms with Crippen molar-refractivity contribution in [2.24, 2.45) is 0 Å². The van der Waals surface area contributed by atoms with Crippen LogP contribution in [0.1, 0.15) is 6.42 Å². The number of hydrogen-bond acceptors (Lipinski definition) is 3. The lowest BCUT2D eigenvalue weighted by Gasteiger charge is -2.03. The van der Waals surface area contributed by atoms with Gasteiger partial charge in [-0.3, -0.25) is 0 Å². The molecule has 0 amide bonds. The van der Waals surface area contributed by atoms with Crippen molar-refractivity contribution in [2.45, 2.75) is 12.7 Å². The first-order valence-electron chi connectivity index (χ1n) is 5.71. The maximum atomic E-state index is 9.15. The summed E-state index contributed by atoms with van der Waals surface area (Å²) in [5.41, 5.74) is 0. The molecule has 1 N–H and O–H groups in total. The highest BCUT2D eigenvalue weighted by atomic mass is 32.1. The van der Waals surface area contributed by atoms with Crippen molar-refractivity contribution in [3.8, 4) is 95.4 Å². The van der Waals surface area contributed by atoms with Crippen LogP contribution in [0.5, 0.6) is 0 Å². The molecule has 0 aliphatic rings. The maximum absolute atomic E-state index is 9.15. The van der Waals surface area contributed by atoms with Crippen LogP contribution in [0.2, 0.25) is 0 Å². The molecule has 0 heterocycles. The number of ether oxygens (including phenoxy) is 1. The summed E-state index contributed by atoms with van der Waals surface area (Å²) >= 11 is 3.93. The van der Waals surface area contributed by atoms with Gasteiger partial charge in [0.25, 0.3) is 0 Å². The molecular formula is C19H8O2S. The second kappa shape index (κ2) is 15.6. The van der Waals surface area contributed by atoms with Crippen LogP contribution in [0.4, 0.5) is 0 Å². The highest BCUT2D eigenvalue weighted by Gasteiger charge is 1.98. The average molecular weight is 300 g/mol. The van der Waals surface area contributed by atoms with Crippen LogP contribution < -0.4 is 0 Å². The summed E-state index contributed by atoms with van der Waals surface area (Å²) in [5.74, 6) is 34.2. The van der Waals surface area contributed by atoms with Gasteiger partial charge in [0.05, 0.1) is 0 Å². The van der Waals surface area contributed by atoms with Gasteiger partial charge in [0.1, 0.15) is 6.11 Å². The fourth-order valence-electron chi connectivity index (χ4n) is 0.672. The maximum Gasteiger partial charge on any atom is 0.208 e. The van der Waals surface area contributed by atoms with Crippen LogP contribution in [0.25, 0.3) is 0 Å². The molecule has 0 aliphatic carbocycles. The number of aliphatic hydroxyl groups excluding tert-OH is 1. The second-order valence-corrected chi connectivity index (χ2v) is 3.40. The van der Waals surface area contributed by atoms with Crippen molar-refractivity contribution in [3.63, 3.8) is 0 Å². The molecule has 22 heavy (non-hydrogen) atoms. The molecule has 0 spiro atoms. The molecule has 0 rings (SSSR count). The molecule has 0 fully saturated rings. The zero-order chi connectivity index (χ0) is 16.3. The summed E-state index contributed by atoms with van der Waals surface area (Å²) in [7, 11) is 0. The van der Waals surface area contributed by atoms with Crippen LogP contribution in [0.3, 0.4) is 0 Å². The molecule has 1 atom stereocenters. The lowest BCUT2D eigenvalue weighted by atomic mass is 10.5. The van der Waals surface area contributed by atoms with Gasteiger partial charge in [0.15, 0.2) is 0 Å². The number of thiol groups is 1. The summed E-state index contributed by atoms with van der Waals surface area (Å²) in [5, 5.41) is 9.15. The van der Waals surface area contributed by atoms with Gasteiger partial charge in [-0.2, -0.15) is 12.6 Å².